The van der Waals surface area contributed by atoms with Crippen molar-refractivity contribution in [1.29, 1.82) is 0 Å². The molecule has 2 aromatic rings. The first-order valence-electron chi connectivity index (χ1n) is 8.12. The number of likely N-dealkylation sites (N-methyl/N-ethyl adjacent to an activating group) is 1. The number of nitrogens with zero attached hydrogens (tertiary/aromatic N) is 3. The van der Waals surface area contributed by atoms with Crippen LogP contribution in [0.5, 0.6) is 0 Å². The predicted molar refractivity (Wildman–Crippen MR) is 99.9 cm³/mol. The largest absolute Gasteiger partial charge is 0.361 e. The van der Waals surface area contributed by atoms with E-state index in [0.29, 0.717) is 16.7 Å². The third-order valence-corrected chi connectivity index (χ3v) is 4.80. The molecule has 0 fully saturated rings. The molecular weight excluding hydrogens is 345 g/mol. The molecule has 0 aliphatic heterocycles. The summed E-state index contributed by atoms with van der Waals surface area (Å²) in [5.41, 5.74) is 0.337. The first kappa shape index (κ1) is 19.3. The summed E-state index contributed by atoms with van der Waals surface area (Å²) in [5.74, 6) is 0.876. The van der Waals surface area contributed by atoms with Crippen LogP contribution in [0.25, 0.3) is 0 Å². The van der Waals surface area contributed by atoms with E-state index in [0.717, 1.165) is 30.8 Å². The van der Waals surface area contributed by atoms with Gasteiger partial charge in [-0.1, -0.05) is 42.6 Å². The third kappa shape index (κ3) is 4.12. The van der Waals surface area contributed by atoms with Gasteiger partial charge in [-0.2, -0.15) is 0 Å². The Kier molecular flexibility index (Phi) is 6.70. The summed E-state index contributed by atoms with van der Waals surface area (Å²) in [6.45, 7) is 3.57. The van der Waals surface area contributed by atoms with Gasteiger partial charge in [0.25, 0.3) is 0 Å². The highest BCUT2D eigenvalue weighted by atomic mass is 35.5. The minimum atomic E-state index is -0.642. The SMILES string of the molecule is CCCC(OCCN(C)C)(c1ccc(Cl)c(Cl)c1)c1nccn1C. The zero-order valence-electron chi connectivity index (χ0n) is 14.7. The second kappa shape index (κ2) is 8.34. The molecule has 1 aromatic heterocycles. The maximum absolute atomic E-state index is 6.46. The molecule has 1 unspecified atom stereocenters. The molecule has 1 atom stereocenters. The maximum Gasteiger partial charge on any atom is 0.151 e. The van der Waals surface area contributed by atoms with E-state index in [1.165, 1.54) is 0 Å². The zero-order valence-corrected chi connectivity index (χ0v) is 16.2. The molecule has 0 saturated carbocycles. The Bertz CT molecular complexity index is 672. The van der Waals surface area contributed by atoms with Crippen LogP contribution in [0.3, 0.4) is 0 Å². The highest BCUT2D eigenvalue weighted by molar-refractivity contribution is 6.42. The lowest BCUT2D eigenvalue weighted by Gasteiger charge is -2.34. The first-order valence-corrected chi connectivity index (χ1v) is 8.88. The Balaban J connectivity index is 2.52. The van der Waals surface area contributed by atoms with Crippen molar-refractivity contribution >= 4 is 23.2 Å². The Hall–Kier alpha value is -1.07. The Labute approximate surface area is 154 Å². The number of imidazole rings is 1. The van der Waals surface area contributed by atoms with Crippen LogP contribution >= 0.6 is 23.2 Å². The highest BCUT2D eigenvalue weighted by Gasteiger charge is 2.38. The minimum Gasteiger partial charge on any atom is -0.361 e. The van der Waals surface area contributed by atoms with Crippen LogP contribution in [0.2, 0.25) is 10.0 Å². The molecule has 6 heteroatoms. The van der Waals surface area contributed by atoms with Crippen LogP contribution in [0.15, 0.2) is 30.6 Å². The summed E-state index contributed by atoms with van der Waals surface area (Å²) in [7, 11) is 6.05. The summed E-state index contributed by atoms with van der Waals surface area (Å²) in [4.78, 5) is 6.68. The fraction of sp³-hybridized carbons (Fsp3) is 0.500. The molecule has 1 aromatic carbocycles. The van der Waals surface area contributed by atoms with Gasteiger partial charge in [0.05, 0.1) is 16.7 Å². The molecule has 1 heterocycles. The van der Waals surface area contributed by atoms with Gasteiger partial charge in [0, 0.05) is 26.0 Å². The van der Waals surface area contributed by atoms with Crippen LogP contribution in [-0.4, -0.2) is 41.7 Å². The van der Waals surface area contributed by atoms with Crippen molar-refractivity contribution in [2.75, 3.05) is 27.2 Å². The predicted octanol–water partition coefficient (Wildman–Crippen LogP) is 4.35. The van der Waals surface area contributed by atoms with Gasteiger partial charge < -0.3 is 14.2 Å². The lowest BCUT2D eigenvalue weighted by molar-refractivity contribution is -0.0382. The van der Waals surface area contributed by atoms with E-state index >= 15 is 0 Å². The topological polar surface area (TPSA) is 30.3 Å². The lowest BCUT2D eigenvalue weighted by atomic mass is 9.87. The Morgan fingerprint density at radius 2 is 2.00 bits per heavy atom. The summed E-state index contributed by atoms with van der Waals surface area (Å²) in [6.07, 6.45) is 5.50. The molecule has 0 bridgehead atoms. The van der Waals surface area contributed by atoms with Crippen molar-refractivity contribution in [1.82, 2.24) is 14.5 Å². The minimum absolute atomic E-state index is 0.528. The van der Waals surface area contributed by atoms with Crippen molar-refractivity contribution in [2.24, 2.45) is 7.05 Å². The second-order valence-corrected chi connectivity index (χ2v) is 7.03. The van der Waals surface area contributed by atoms with E-state index in [1.807, 2.05) is 50.1 Å². The first-order chi connectivity index (χ1) is 11.4. The van der Waals surface area contributed by atoms with Crippen LogP contribution in [-0.2, 0) is 17.4 Å². The Morgan fingerprint density at radius 3 is 2.54 bits per heavy atom. The van der Waals surface area contributed by atoms with Gasteiger partial charge in [0.1, 0.15) is 5.82 Å². The summed E-state index contributed by atoms with van der Waals surface area (Å²) >= 11 is 12.4. The van der Waals surface area contributed by atoms with Crippen LogP contribution in [0, 0.1) is 0 Å². The number of hydrogen-bond acceptors (Lipinski definition) is 3. The average molecular weight is 370 g/mol. The monoisotopic (exact) mass is 369 g/mol. The molecule has 0 amide bonds. The number of hydrogen-bond donors (Lipinski definition) is 0. The zero-order chi connectivity index (χ0) is 17.7. The molecular formula is C18H25Cl2N3O. The fourth-order valence-electron chi connectivity index (χ4n) is 2.86. The fourth-order valence-corrected chi connectivity index (χ4v) is 3.16. The van der Waals surface area contributed by atoms with Gasteiger partial charge in [0.2, 0.25) is 0 Å². The molecule has 0 saturated heterocycles. The normalized spacial score (nSPS) is 14.1. The summed E-state index contributed by atoms with van der Waals surface area (Å²) in [5, 5.41) is 1.07. The van der Waals surface area contributed by atoms with Crippen LogP contribution in [0.4, 0.5) is 0 Å². The third-order valence-electron chi connectivity index (χ3n) is 4.06. The number of aryl methyl sites for hydroxylation is 1. The van der Waals surface area contributed by atoms with Gasteiger partial charge in [-0.15, -0.1) is 0 Å². The number of rotatable bonds is 8. The second-order valence-electron chi connectivity index (χ2n) is 6.22. The van der Waals surface area contributed by atoms with Crippen LogP contribution in [0.1, 0.15) is 31.2 Å². The molecule has 0 aliphatic carbocycles. The van der Waals surface area contributed by atoms with Crippen molar-refractivity contribution in [2.45, 2.75) is 25.4 Å². The number of halogens is 2. The smallest absolute Gasteiger partial charge is 0.151 e. The number of aromatic nitrogens is 2. The van der Waals surface area contributed by atoms with E-state index in [-0.39, 0.29) is 0 Å². The number of ether oxygens (including phenoxy) is 1. The van der Waals surface area contributed by atoms with E-state index in [2.05, 4.69) is 16.8 Å². The van der Waals surface area contributed by atoms with Crippen molar-refractivity contribution in [3.63, 3.8) is 0 Å². The maximum atomic E-state index is 6.46. The summed E-state index contributed by atoms with van der Waals surface area (Å²) in [6, 6.07) is 5.69. The Morgan fingerprint density at radius 1 is 1.25 bits per heavy atom. The molecule has 4 nitrogen and oxygen atoms in total. The number of benzene rings is 1. The molecule has 24 heavy (non-hydrogen) atoms. The quantitative estimate of drug-likeness (QED) is 0.692. The highest BCUT2D eigenvalue weighted by Crippen LogP contribution is 2.39. The standard InChI is InChI=1S/C18H25Cl2N3O/c1-5-8-18(24-12-11-22(2)3,17-21-9-10-23(17)4)14-6-7-15(19)16(20)13-14/h6-7,9-10,13H,5,8,11-12H2,1-4H3. The van der Waals surface area contributed by atoms with Gasteiger partial charge in [-0.05, 0) is 38.2 Å². The van der Waals surface area contributed by atoms with E-state index in [4.69, 9.17) is 27.9 Å². The van der Waals surface area contributed by atoms with E-state index in [9.17, 15) is 0 Å². The van der Waals surface area contributed by atoms with Gasteiger partial charge in [-0.25, -0.2) is 4.98 Å². The molecule has 2 rings (SSSR count). The van der Waals surface area contributed by atoms with Gasteiger partial charge >= 0.3 is 0 Å². The van der Waals surface area contributed by atoms with E-state index in [1.54, 1.807) is 6.20 Å². The van der Waals surface area contributed by atoms with Crippen molar-refractivity contribution < 1.29 is 4.74 Å². The molecule has 0 N–H and O–H groups in total. The lowest BCUT2D eigenvalue weighted by Crippen LogP contribution is -2.36. The molecule has 0 spiro atoms. The molecule has 0 radical (unpaired) electrons. The van der Waals surface area contributed by atoms with Crippen molar-refractivity contribution in [3.8, 4) is 0 Å². The van der Waals surface area contributed by atoms with Crippen LogP contribution < -0.4 is 0 Å². The van der Waals surface area contributed by atoms with Gasteiger partial charge in [0.15, 0.2) is 5.60 Å². The van der Waals surface area contributed by atoms with E-state index < -0.39 is 5.60 Å². The van der Waals surface area contributed by atoms with Crippen molar-refractivity contribution in [3.05, 3.63) is 52.0 Å². The molecule has 132 valence electrons. The molecule has 0 aliphatic rings. The summed E-state index contributed by atoms with van der Waals surface area (Å²) < 4.78 is 8.47. The average Bonchev–Trinajstić information content (AvgIpc) is 2.95. The van der Waals surface area contributed by atoms with Gasteiger partial charge in [-0.3, -0.25) is 0 Å².